The van der Waals surface area contributed by atoms with Gasteiger partial charge in [-0.25, -0.2) is 0 Å². The Hall–Kier alpha value is -1.82. The molecule has 0 aliphatic heterocycles. The topological polar surface area (TPSA) is 80.6 Å². The predicted octanol–water partition coefficient (Wildman–Crippen LogP) is 1.87. The van der Waals surface area contributed by atoms with E-state index in [-0.39, 0.29) is 5.84 Å². The highest BCUT2D eigenvalue weighted by Crippen LogP contribution is 2.29. The molecule has 1 aromatic heterocycles. The van der Waals surface area contributed by atoms with Crippen LogP contribution in [0.2, 0.25) is 0 Å². The monoisotopic (exact) mass is 261 g/mol. The van der Waals surface area contributed by atoms with E-state index in [1.165, 1.54) is 11.8 Å². The highest BCUT2D eigenvalue weighted by molar-refractivity contribution is 7.99. The van der Waals surface area contributed by atoms with Crippen molar-refractivity contribution in [3.8, 4) is 0 Å². The first-order valence-electron chi connectivity index (χ1n) is 5.48. The van der Waals surface area contributed by atoms with Gasteiger partial charge in [-0.1, -0.05) is 6.07 Å². The quantitative estimate of drug-likeness (QED) is 0.653. The van der Waals surface area contributed by atoms with Gasteiger partial charge in [-0.3, -0.25) is 5.41 Å². The van der Waals surface area contributed by atoms with Crippen molar-refractivity contribution in [3.05, 3.63) is 35.2 Å². The average Bonchev–Trinajstić information content (AvgIpc) is 2.61. The van der Waals surface area contributed by atoms with E-state index in [2.05, 4.69) is 10.2 Å². The van der Waals surface area contributed by atoms with E-state index < -0.39 is 0 Å². The number of rotatable bonds is 3. The summed E-state index contributed by atoms with van der Waals surface area (Å²) in [6.45, 7) is 3.91. The summed E-state index contributed by atoms with van der Waals surface area (Å²) in [5.41, 5.74) is 7.44. The average molecular weight is 261 g/mol. The first-order valence-corrected chi connectivity index (χ1v) is 6.29. The van der Waals surface area contributed by atoms with E-state index in [0.717, 1.165) is 27.0 Å². The van der Waals surface area contributed by atoms with Crippen molar-refractivity contribution < 1.29 is 0 Å². The molecule has 0 radical (unpaired) electrons. The lowest BCUT2D eigenvalue weighted by Crippen LogP contribution is -2.12. The molecule has 6 heteroatoms. The zero-order chi connectivity index (χ0) is 13.3. The summed E-state index contributed by atoms with van der Waals surface area (Å²) in [5, 5.41) is 16.5. The molecule has 0 unspecified atom stereocenters. The number of nitrogen functional groups attached to an aromatic ring is 1. The molecule has 0 aliphatic carbocycles. The molecule has 5 nitrogen and oxygen atoms in total. The molecular formula is C12H15N5S. The molecule has 0 amide bonds. The Balaban J connectivity index is 2.42. The van der Waals surface area contributed by atoms with E-state index in [4.69, 9.17) is 11.1 Å². The maximum atomic E-state index is 7.59. The summed E-state index contributed by atoms with van der Waals surface area (Å²) in [6, 6.07) is 5.82. The first kappa shape index (κ1) is 12.6. The maximum absolute atomic E-state index is 7.59. The number of nitrogens with zero attached hydrogens (tertiary/aromatic N) is 3. The molecule has 0 atom stereocenters. The molecule has 94 valence electrons. The van der Waals surface area contributed by atoms with Crippen LogP contribution in [0.1, 0.15) is 17.0 Å². The number of aryl methyl sites for hydroxylation is 2. The van der Waals surface area contributed by atoms with Gasteiger partial charge in [0.2, 0.25) is 0 Å². The van der Waals surface area contributed by atoms with E-state index in [0.29, 0.717) is 0 Å². The van der Waals surface area contributed by atoms with Crippen molar-refractivity contribution >= 4 is 17.6 Å². The van der Waals surface area contributed by atoms with Gasteiger partial charge in [0.25, 0.3) is 0 Å². The van der Waals surface area contributed by atoms with Crippen molar-refractivity contribution in [1.82, 2.24) is 14.8 Å². The highest BCUT2D eigenvalue weighted by atomic mass is 32.2. The van der Waals surface area contributed by atoms with Gasteiger partial charge in [-0.05, 0) is 43.3 Å². The van der Waals surface area contributed by atoms with Gasteiger partial charge in [0.05, 0.1) is 0 Å². The third kappa shape index (κ3) is 2.38. The SMILES string of the molecule is Cc1ccc(C(=N)N)c(Sc2nnc(C)n2C)c1. The highest BCUT2D eigenvalue weighted by Gasteiger charge is 2.12. The minimum Gasteiger partial charge on any atom is -0.384 e. The Morgan fingerprint density at radius 1 is 1.33 bits per heavy atom. The van der Waals surface area contributed by atoms with Crippen molar-refractivity contribution in [2.75, 3.05) is 0 Å². The Kier molecular flexibility index (Phi) is 3.38. The molecule has 0 aliphatic rings. The van der Waals surface area contributed by atoms with Crippen LogP contribution in [-0.4, -0.2) is 20.6 Å². The fraction of sp³-hybridized carbons (Fsp3) is 0.250. The van der Waals surface area contributed by atoms with Crippen LogP contribution in [0.4, 0.5) is 0 Å². The minimum absolute atomic E-state index is 0.0661. The lowest BCUT2D eigenvalue weighted by atomic mass is 10.1. The Labute approximate surface area is 110 Å². The van der Waals surface area contributed by atoms with E-state index in [1.807, 2.05) is 43.7 Å². The molecule has 1 aromatic carbocycles. The van der Waals surface area contributed by atoms with Gasteiger partial charge in [-0.15, -0.1) is 10.2 Å². The molecule has 2 aromatic rings. The normalized spacial score (nSPS) is 10.6. The molecular weight excluding hydrogens is 246 g/mol. The smallest absolute Gasteiger partial charge is 0.195 e. The Morgan fingerprint density at radius 2 is 2.06 bits per heavy atom. The molecule has 0 saturated heterocycles. The molecule has 18 heavy (non-hydrogen) atoms. The second-order valence-corrected chi connectivity index (χ2v) is 5.11. The van der Waals surface area contributed by atoms with Gasteiger partial charge in [0.1, 0.15) is 11.7 Å². The standard InChI is InChI=1S/C12H15N5S/c1-7-4-5-9(11(13)14)10(6-7)18-12-16-15-8(2)17(12)3/h4-6H,1-3H3,(H3,13,14). The van der Waals surface area contributed by atoms with Gasteiger partial charge >= 0.3 is 0 Å². The Bertz CT molecular complexity index is 603. The van der Waals surface area contributed by atoms with Gasteiger partial charge in [0, 0.05) is 17.5 Å². The number of aromatic nitrogens is 3. The molecule has 3 N–H and O–H groups in total. The number of benzene rings is 1. The summed E-state index contributed by atoms with van der Waals surface area (Å²) >= 11 is 1.47. The summed E-state index contributed by atoms with van der Waals surface area (Å²) in [6.07, 6.45) is 0. The summed E-state index contributed by atoms with van der Waals surface area (Å²) < 4.78 is 1.91. The van der Waals surface area contributed by atoms with Crippen LogP contribution in [0.3, 0.4) is 0 Å². The van der Waals surface area contributed by atoms with Crippen LogP contribution < -0.4 is 5.73 Å². The number of hydrogen-bond acceptors (Lipinski definition) is 4. The lowest BCUT2D eigenvalue weighted by Gasteiger charge is -2.08. The molecule has 0 spiro atoms. The Morgan fingerprint density at radius 3 is 2.61 bits per heavy atom. The second-order valence-electron chi connectivity index (χ2n) is 4.10. The fourth-order valence-electron chi connectivity index (χ4n) is 1.51. The van der Waals surface area contributed by atoms with Crippen LogP contribution in [0.15, 0.2) is 28.3 Å². The minimum atomic E-state index is 0.0661. The molecule has 1 heterocycles. The first-order chi connectivity index (χ1) is 8.49. The molecule has 0 bridgehead atoms. The molecule has 0 fully saturated rings. The van der Waals surface area contributed by atoms with Gasteiger partial charge in [-0.2, -0.15) is 0 Å². The van der Waals surface area contributed by atoms with Crippen LogP contribution in [-0.2, 0) is 7.05 Å². The van der Waals surface area contributed by atoms with E-state index in [9.17, 15) is 0 Å². The third-order valence-electron chi connectivity index (χ3n) is 2.68. The van der Waals surface area contributed by atoms with Crippen LogP contribution in [0, 0.1) is 19.3 Å². The number of nitrogens with two attached hydrogens (primary N) is 1. The number of amidine groups is 1. The van der Waals surface area contributed by atoms with E-state index >= 15 is 0 Å². The largest absolute Gasteiger partial charge is 0.384 e. The van der Waals surface area contributed by atoms with Gasteiger partial charge < -0.3 is 10.3 Å². The van der Waals surface area contributed by atoms with E-state index in [1.54, 1.807) is 0 Å². The number of nitrogens with one attached hydrogen (secondary N) is 1. The van der Waals surface area contributed by atoms with Crippen LogP contribution in [0.5, 0.6) is 0 Å². The summed E-state index contributed by atoms with van der Waals surface area (Å²) in [4.78, 5) is 0.929. The second kappa shape index (κ2) is 4.81. The summed E-state index contributed by atoms with van der Waals surface area (Å²) in [7, 11) is 1.92. The van der Waals surface area contributed by atoms with Crippen molar-refractivity contribution in [1.29, 1.82) is 5.41 Å². The molecule has 2 rings (SSSR count). The zero-order valence-electron chi connectivity index (χ0n) is 10.6. The van der Waals surface area contributed by atoms with Crippen LogP contribution >= 0.6 is 11.8 Å². The third-order valence-corrected chi connectivity index (χ3v) is 3.78. The summed E-state index contributed by atoms with van der Waals surface area (Å²) in [5.74, 6) is 0.922. The number of hydrogen-bond donors (Lipinski definition) is 2. The van der Waals surface area contributed by atoms with Crippen molar-refractivity contribution in [2.45, 2.75) is 23.9 Å². The fourth-order valence-corrected chi connectivity index (χ4v) is 2.59. The maximum Gasteiger partial charge on any atom is 0.195 e. The predicted molar refractivity (Wildman–Crippen MR) is 72.1 cm³/mol. The lowest BCUT2D eigenvalue weighted by molar-refractivity contribution is 0.765. The molecule has 0 saturated carbocycles. The zero-order valence-corrected chi connectivity index (χ0v) is 11.4. The van der Waals surface area contributed by atoms with Gasteiger partial charge in [0.15, 0.2) is 5.16 Å². The van der Waals surface area contributed by atoms with Crippen LogP contribution in [0.25, 0.3) is 0 Å². The van der Waals surface area contributed by atoms with Crippen molar-refractivity contribution in [3.63, 3.8) is 0 Å². The van der Waals surface area contributed by atoms with Crippen molar-refractivity contribution in [2.24, 2.45) is 12.8 Å².